The fraction of sp³-hybridized carbons (Fsp3) is 0.208. The maximum atomic E-state index is 12.9. The minimum Gasteiger partial charge on any atom is -0.482 e. The molecule has 33 heavy (non-hydrogen) atoms. The van der Waals surface area contributed by atoms with Gasteiger partial charge in [-0.1, -0.05) is 36.0 Å². The fourth-order valence-corrected chi connectivity index (χ4v) is 4.25. The lowest BCUT2D eigenvalue weighted by Gasteiger charge is -2.12. The second-order valence-corrected chi connectivity index (χ2v) is 8.90. The van der Waals surface area contributed by atoms with Crippen LogP contribution < -0.4 is 4.74 Å². The summed E-state index contributed by atoms with van der Waals surface area (Å²) in [4.78, 5) is 28.0. The van der Waals surface area contributed by atoms with Crippen molar-refractivity contribution < 1.29 is 19.4 Å². The van der Waals surface area contributed by atoms with Crippen LogP contribution in [0.3, 0.4) is 0 Å². The van der Waals surface area contributed by atoms with Gasteiger partial charge in [-0.3, -0.25) is 9.78 Å². The lowest BCUT2D eigenvalue weighted by molar-refractivity contribution is -0.139. The van der Waals surface area contributed by atoms with E-state index in [0.717, 1.165) is 27.1 Å². The normalized spacial score (nSPS) is 11.9. The van der Waals surface area contributed by atoms with Crippen LogP contribution in [0.25, 0.3) is 10.8 Å². The molecule has 0 aliphatic rings. The van der Waals surface area contributed by atoms with Gasteiger partial charge in [-0.2, -0.15) is 0 Å². The first-order valence-corrected chi connectivity index (χ1v) is 11.1. The summed E-state index contributed by atoms with van der Waals surface area (Å²) in [5.41, 5.74) is 2.35. The molecule has 0 aliphatic heterocycles. The third-order valence-electron chi connectivity index (χ3n) is 5.08. The first-order chi connectivity index (χ1) is 15.9. The topological polar surface area (TPSA) is 107 Å². The molecular formula is C24H22N4O4S. The summed E-state index contributed by atoms with van der Waals surface area (Å²) in [5, 5.41) is 19.4. The molecule has 2 aromatic heterocycles. The van der Waals surface area contributed by atoms with Crippen molar-refractivity contribution in [3.05, 3.63) is 77.9 Å². The van der Waals surface area contributed by atoms with E-state index in [2.05, 4.69) is 22.1 Å². The molecule has 8 nitrogen and oxygen atoms in total. The Hall–Kier alpha value is -3.72. The molecular weight excluding hydrogens is 440 g/mol. The van der Waals surface area contributed by atoms with Crippen molar-refractivity contribution in [1.82, 2.24) is 19.7 Å². The van der Waals surface area contributed by atoms with Crippen molar-refractivity contribution in [2.24, 2.45) is 7.05 Å². The van der Waals surface area contributed by atoms with Gasteiger partial charge in [0.1, 0.15) is 17.8 Å². The summed E-state index contributed by atoms with van der Waals surface area (Å²) in [5.74, 6) is -0.719. The molecule has 4 rings (SSSR count). The van der Waals surface area contributed by atoms with Gasteiger partial charge < -0.3 is 14.4 Å². The smallest absolute Gasteiger partial charge is 0.341 e. The number of carboxylic acid groups (broad SMARTS) is 1. The van der Waals surface area contributed by atoms with Crippen LogP contribution in [0.15, 0.2) is 66.2 Å². The Labute approximate surface area is 194 Å². The highest BCUT2D eigenvalue weighted by molar-refractivity contribution is 7.99. The fourth-order valence-electron chi connectivity index (χ4n) is 3.34. The minimum absolute atomic E-state index is 0.0977. The Balaban J connectivity index is 1.48. The number of aryl methyl sites for hydroxylation is 1. The third-order valence-corrected chi connectivity index (χ3v) is 6.28. The molecule has 2 heterocycles. The molecule has 2 aromatic carbocycles. The van der Waals surface area contributed by atoms with E-state index in [1.807, 2.05) is 35.9 Å². The number of benzene rings is 2. The van der Waals surface area contributed by atoms with Crippen molar-refractivity contribution in [2.45, 2.75) is 23.8 Å². The van der Waals surface area contributed by atoms with Crippen LogP contribution in [-0.2, 0) is 18.3 Å². The van der Waals surface area contributed by atoms with Gasteiger partial charge in [0.2, 0.25) is 0 Å². The summed E-state index contributed by atoms with van der Waals surface area (Å²) in [6.07, 6.45) is 3.53. The molecule has 0 radical (unpaired) electrons. The number of Topliss-reactive ketones (excluding diaryl/α,β-unsaturated/α-hetero) is 1. The first kappa shape index (κ1) is 22.5. The van der Waals surface area contributed by atoms with E-state index in [4.69, 9.17) is 9.84 Å². The molecule has 0 amide bonds. The Morgan fingerprint density at radius 3 is 2.76 bits per heavy atom. The number of aromatic nitrogens is 4. The van der Waals surface area contributed by atoms with Crippen LogP contribution in [-0.4, -0.2) is 43.2 Å². The van der Waals surface area contributed by atoms with Crippen LogP contribution in [0.4, 0.5) is 0 Å². The zero-order valence-electron chi connectivity index (χ0n) is 18.1. The van der Waals surface area contributed by atoms with Gasteiger partial charge in [-0.15, -0.1) is 10.2 Å². The van der Waals surface area contributed by atoms with Gasteiger partial charge in [0.05, 0.1) is 0 Å². The maximum Gasteiger partial charge on any atom is 0.341 e. The Morgan fingerprint density at radius 2 is 2.00 bits per heavy atom. The van der Waals surface area contributed by atoms with Gasteiger partial charge in [0, 0.05) is 30.3 Å². The van der Waals surface area contributed by atoms with Crippen molar-refractivity contribution in [3.8, 4) is 5.75 Å². The van der Waals surface area contributed by atoms with E-state index in [1.165, 1.54) is 0 Å². The van der Waals surface area contributed by atoms with Crippen molar-refractivity contribution >= 4 is 34.3 Å². The van der Waals surface area contributed by atoms with Crippen LogP contribution in [0.2, 0.25) is 0 Å². The second-order valence-electron chi connectivity index (χ2n) is 7.59. The number of hydrogen-bond donors (Lipinski definition) is 1. The van der Waals surface area contributed by atoms with E-state index in [0.29, 0.717) is 11.4 Å². The molecule has 0 saturated heterocycles. The van der Waals surface area contributed by atoms with Crippen LogP contribution in [0.5, 0.6) is 5.75 Å². The molecule has 1 N–H and O–H groups in total. The Morgan fingerprint density at radius 1 is 1.15 bits per heavy atom. The monoisotopic (exact) mass is 462 g/mol. The number of rotatable bonds is 9. The largest absolute Gasteiger partial charge is 0.482 e. The third kappa shape index (κ3) is 5.56. The molecule has 168 valence electrons. The molecule has 1 atom stereocenters. The average Bonchev–Trinajstić information content (AvgIpc) is 3.21. The SMILES string of the molecule is C[C@H](Sc1nncn1C)c1cccc(CC(=O)c2cc3cc(OCC(=O)O)ccc3cn2)c1. The van der Waals surface area contributed by atoms with Gasteiger partial charge in [-0.25, -0.2) is 4.79 Å². The molecule has 9 heteroatoms. The number of pyridine rings is 1. The van der Waals surface area contributed by atoms with Gasteiger partial charge in [-0.05, 0) is 47.7 Å². The van der Waals surface area contributed by atoms with Gasteiger partial charge in [0.25, 0.3) is 0 Å². The summed E-state index contributed by atoms with van der Waals surface area (Å²) in [6, 6.07) is 14.8. The highest BCUT2D eigenvalue weighted by Gasteiger charge is 2.14. The van der Waals surface area contributed by atoms with Crippen LogP contribution >= 0.6 is 11.8 Å². The summed E-state index contributed by atoms with van der Waals surface area (Å²) in [6.45, 7) is 1.67. The number of carboxylic acids is 1. The number of ether oxygens (including phenoxy) is 1. The molecule has 0 saturated carbocycles. The molecule has 0 fully saturated rings. The Kier molecular flexibility index (Phi) is 6.69. The average molecular weight is 463 g/mol. The van der Waals surface area contributed by atoms with E-state index >= 15 is 0 Å². The van der Waals surface area contributed by atoms with Gasteiger partial charge >= 0.3 is 5.97 Å². The molecule has 0 bridgehead atoms. The standard InChI is InChI=1S/C24H22N4O4S/c1-15(33-24-27-26-14-28(24)2)17-5-3-4-16(8-17)9-22(29)21-11-19-10-20(32-13-23(30)31)7-6-18(19)12-25-21/h3-8,10-12,14-15H,9,13H2,1-2H3,(H,30,31)/t15-/m0/s1. The number of aliphatic carboxylic acids is 1. The number of carbonyl (C=O) groups is 2. The van der Waals surface area contributed by atoms with Crippen molar-refractivity contribution in [1.29, 1.82) is 0 Å². The quantitative estimate of drug-likeness (QED) is 0.293. The van der Waals surface area contributed by atoms with E-state index in [-0.39, 0.29) is 17.5 Å². The zero-order valence-corrected chi connectivity index (χ0v) is 19.0. The summed E-state index contributed by atoms with van der Waals surface area (Å²) >= 11 is 1.61. The number of carbonyl (C=O) groups excluding carboxylic acids is 1. The maximum absolute atomic E-state index is 12.9. The lowest BCUT2D eigenvalue weighted by Crippen LogP contribution is -2.09. The minimum atomic E-state index is -1.05. The van der Waals surface area contributed by atoms with E-state index < -0.39 is 12.6 Å². The van der Waals surface area contributed by atoms with E-state index in [9.17, 15) is 9.59 Å². The first-order valence-electron chi connectivity index (χ1n) is 10.3. The second kappa shape index (κ2) is 9.83. The van der Waals surface area contributed by atoms with E-state index in [1.54, 1.807) is 48.6 Å². The predicted molar refractivity (Wildman–Crippen MR) is 125 cm³/mol. The predicted octanol–water partition coefficient (Wildman–Crippen LogP) is 4.11. The van der Waals surface area contributed by atoms with Crippen LogP contribution in [0.1, 0.15) is 33.8 Å². The van der Waals surface area contributed by atoms with Crippen LogP contribution in [0, 0.1) is 0 Å². The molecule has 0 aliphatic carbocycles. The Bertz CT molecular complexity index is 1320. The molecule has 0 unspecified atom stereocenters. The zero-order chi connectivity index (χ0) is 23.4. The number of ketones is 1. The highest BCUT2D eigenvalue weighted by Crippen LogP contribution is 2.33. The summed E-state index contributed by atoms with van der Waals surface area (Å²) < 4.78 is 7.11. The van der Waals surface area contributed by atoms with Crippen molar-refractivity contribution in [3.63, 3.8) is 0 Å². The number of hydrogen-bond acceptors (Lipinski definition) is 7. The highest BCUT2D eigenvalue weighted by atomic mass is 32.2. The number of nitrogens with zero attached hydrogens (tertiary/aromatic N) is 4. The lowest BCUT2D eigenvalue weighted by atomic mass is 10.0. The molecule has 4 aromatic rings. The number of fused-ring (bicyclic) bond motifs is 1. The molecule has 0 spiro atoms. The number of thioether (sulfide) groups is 1. The summed E-state index contributed by atoms with van der Waals surface area (Å²) in [7, 11) is 1.90. The van der Waals surface area contributed by atoms with Crippen molar-refractivity contribution in [2.75, 3.05) is 6.61 Å². The van der Waals surface area contributed by atoms with Gasteiger partial charge in [0.15, 0.2) is 17.5 Å².